The number of hydrogen-bond donors (Lipinski definition) is 3. The summed E-state index contributed by atoms with van der Waals surface area (Å²) in [6, 6.07) is -1.91. The zero-order valence-corrected chi connectivity index (χ0v) is 93.7. The number of carbonyl (C=O) groups excluding carboxylic acids is 7. The number of esters is 6. The van der Waals surface area contributed by atoms with Crippen molar-refractivity contribution in [3.05, 3.63) is 198 Å². The van der Waals surface area contributed by atoms with Gasteiger partial charge in [0.25, 0.3) is 0 Å². The van der Waals surface area contributed by atoms with Crippen LogP contribution in [0.15, 0.2) is 198 Å². The van der Waals surface area contributed by atoms with E-state index >= 15 is 0 Å². The van der Waals surface area contributed by atoms with Crippen LogP contribution < -0.4 is 5.32 Å². The highest BCUT2D eigenvalue weighted by molar-refractivity contribution is 7.61. The van der Waals surface area contributed by atoms with E-state index in [0.29, 0.717) is 6.42 Å². The molecule has 142 heavy (non-hydrogen) atoms. The first kappa shape index (κ1) is 130. The average molecular weight is 2020 g/mol. The molecule has 0 spiro atoms. The highest BCUT2D eigenvalue weighted by Crippen LogP contribution is 2.62. The molecule has 2 aliphatic rings. The molecule has 13 atom stereocenters. The lowest BCUT2D eigenvalue weighted by molar-refractivity contribution is -0.346. The first-order chi connectivity index (χ1) is 67.0. The van der Waals surface area contributed by atoms with Gasteiger partial charge in [-0.3, -0.25) is 42.6 Å². The molecule has 2 heterocycles. The van der Waals surface area contributed by atoms with E-state index in [9.17, 15) is 52.5 Å². The molecule has 0 aromatic rings. The maximum Gasteiger partial charge on any atom is 0.483 e. The molecular weight excluding hydrogens is 1840 g/mol. The van der Waals surface area contributed by atoms with Gasteiger partial charge < -0.3 is 57.7 Å². The van der Waals surface area contributed by atoms with Gasteiger partial charge >= 0.3 is 51.5 Å². The van der Waals surface area contributed by atoms with Crippen LogP contribution in [0.25, 0.3) is 0 Å². The van der Waals surface area contributed by atoms with Crippen LogP contribution in [-0.2, 0) is 98.7 Å². The van der Waals surface area contributed by atoms with Crippen LogP contribution in [0.1, 0.15) is 405 Å². The first-order valence-electron chi connectivity index (χ1n) is 52.0. The van der Waals surface area contributed by atoms with E-state index in [0.717, 1.165) is 248 Å². The number of nitrogens with one attached hydrogen (secondary N) is 1. The third-order valence-corrected chi connectivity index (χ3v) is 27.7. The monoisotopic (exact) mass is 2020 g/mol. The molecule has 0 aromatic carbocycles. The number of allylic oxidation sites excluding steroid dienone is 34. The lowest BCUT2D eigenvalue weighted by atomic mass is 9.95. The van der Waals surface area contributed by atoms with Gasteiger partial charge in [0, 0.05) is 48.5 Å². The van der Waals surface area contributed by atoms with Crippen molar-refractivity contribution < 1.29 is 108 Å². The summed E-state index contributed by atoms with van der Waals surface area (Å²) in [5.74, 6) is -6.67. The minimum Gasteiger partial charge on any atom is -0.463 e. The molecule has 0 aliphatic carbocycles. The highest BCUT2D eigenvalue weighted by atomic mass is 31.3. The summed E-state index contributed by atoms with van der Waals surface area (Å²) in [5.41, 5.74) is 24.8. The lowest BCUT2D eigenvalue weighted by Gasteiger charge is -2.49. The van der Waals surface area contributed by atoms with E-state index in [1.807, 2.05) is 6.92 Å². The van der Waals surface area contributed by atoms with Gasteiger partial charge in [-0.2, -0.15) is 4.31 Å². The van der Waals surface area contributed by atoms with E-state index in [-0.39, 0.29) is 18.9 Å². The molecule has 2 unspecified atom stereocenters. The largest absolute Gasteiger partial charge is 0.483 e. The van der Waals surface area contributed by atoms with E-state index in [1.54, 1.807) is 0 Å². The summed E-state index contributed by atoms with van der Waals surface area (Å²) in [6.45, 7) is 47.6. The molecule has 26 heteroatoms. The number of ether oxygens (including phenoxy) is 9. The molecule has 2 rings (SSSR count). The summed E-state index contributed by atoms with van der Waals surface area (Å²) in [4.78, 5) is 110. The second-order valence-corrected chi connectivity index (χ2v) is 42.9. The molecule has 2 saturated heterocycles. The summed E-state index contributed by atoms with van der Waals surface area (Å²) in [7, 11) is -11.2. The minimum atomic E-state index is -5.82. The standard InChI is InChI=1S/C116H185NO23P2/c1-82(2)44-27-45-83(3)46-28-47-84(4)48-29-49-85(5)50-30-51-86(6)52-31-53-87(7)54-32-55-88(8)56-33-57-89(9)58-34-59-90(10)60-35-61-91(11)62-36-63-92(12)64-37-65-93(13)66-38-67-94(14)68-39-69-95(15)70-40-71-96(16)72-41-73-97(17)74-42-75-98(18)76-43-77-99(19)78-79-131-141(125,126)140-142(127,128)139-115-109(117-100(20)118)112(133-104(24)122)110(107(136-115)80-129-101(21)119)138-116-114(135-106(26)124)113(134-105(25)123)111(132-103(23)121)108(137-116)81-130-102(22)120/h44,46,48,50,52,54,56,58,60,62,64,66,68,70,72,74,76,99,107-116H,27-43,45,47,49,51,53,55,57,59,61,63,65,67,69,71,73,75,77-81H2,1-26H3,(H,117,118)(H,125,126)(H,127,128)/b83-46+,84-48+,85-50-,86-52-,87-54-,88-56-,89-58-,90-60-,91-62-,92-64-,93-66-,94-68-,95-70-,96-72-,97-74-,98-76-/t99-,107+,108+,109+,110+,111+,112+,113-,114+,115+,116-/m0/s1. The Labute approximate surface area is 856 Å². The van der Waals surface area contributed by atoms with Crippen molar-refractivity contribution in [2.45, 2.75) is 466 Å². The zero-order valence-electron chi connectivity index (χ0n) is 91.9. The Morgan fingerprint density at radius 3 is 0.789 bits per heavy atom. The van der Waals surface area contributed by atoms with E-state index in [1.165, 1.54) is 108 Å². The molecular formula is C116H185NO23P2. The quantitative estimate of drug-likeness (QED) is 0.0220. The van der Waals surface area contributed by atoms with Crippen molar-refractivity contribution in [3.63, 3.8) is 0 Å². The van der Waals surface area contributed by atoms with Gasteiger partial charge in [0.05, 0.1) is 6.61 Å². The van der Waals surface area contributed by atoms with Crippen LogP contribution >= 0.6 is 15.6 Å². The minimum absolute atomic E-state index is 0.0324. The number of carbonyl (C=O) groups is 7. The van der Waals surface area contributed by atoms with Crippen LogP contribution in [-0.4, -0.2) is 133 Å². The lowest BCUT2D eigenvalue weighted by Crippen LogP contribution is -2.69. The van der Waals surface area contributed by atoms with Gasteiger partial charge in [-0.25, -0.2) is 9.13 Å². The Hall–Kier alpha value is -7.99. The first-order valence-corrected chi connectivity index (χ1v) is 55.0. The Bertz CT molecular complexity index is 4560. The van der Waals surface area contributed by atoms with Gasteiger partial charge in [0.15, 0.2) is 37.0 Å². The van der Waals surface area contributed by atoms with E-state index in [2.05, 4.69) is 238 Å². The third-order valence-electron chi connectivity index (χ3n) is 25.0. The number of amides is 1. The smallest absolute Gasteiger partial charge is 0.463 e. The summed E-state index contributed by atoms with van der Waals surface area (Å²) in [6.07, 6.45) is 61.2. The number of phosphoric ester groups is 2. The highest BCUT2D eigenvalue weighted by Gasteiger charge is 2.58. The fraction of sp³-hybridized carbons (Fsp3) is 0.647. The van der Waals surface area contributed by atoms with Crippen LogP contribution in [0.5, 0.6) is 0 Å². The van der Waals surface area contributed by atoms with Gasteiger partial charge in [-0.1, -0.05) is 205 Å². The Morgan fingerprint density at radius 2 is 0.528 bits per heavy atom. The summed E-state index contributed by atoms with van der Waals surface area (Å²) >= 11 is 0. The predicted molar refractivity (Wildman–Crippen MR) is 573 cm³/mol. The van der Waals surface area contributed by atoms with Gasteiger partial charge in [-0.05, 0) is 355 Å². The Balaban J connectivity index is 1.72. The fourth-order valence-corrected chi connectivity index (χ4v) is 18.7. The Kier molecular flexibility index (Phi) is 67.8. The van der Waals surface area contributed by atoms with Gasteiger partial charge in [0.2, 0.25) is 5.91 Å². The molecule has 2 fully saturated rings. The van der Waals surface area contributed by atoms with E-state index in [4.69, 9.17) is 51.7 Å². The molecule has 24 nitrogen and oxygen atoms in total. The fourth-order valence-electron chi connectivity index (χ4n) is 16.5. The maximum atomic E-state index is 13.7. The third kappa shape index (κ3) is 65.5. The molecule has 0 saturated carbocycles. The molecule has 0 aromatic heterocycles. The predicted octanol–water partition coefficient (Wildman–Crippen LogP) is 29.8. The second-order valence-electron chi connectivity index (χ2n) is 40.0. The average Bonchev–Trinajstić information content (AvgIpc) is 0.760. The second kappa shape index (κ2) is 74.0. The van der Waals surface area contributed by atoms with E-state index < -0.39 is 132 Å². The molecule has 2 aliphatic heterocycles. The zero-order chi connectivity index (χ0) is 106. The van der Waals surface area contributed by atoms with Gasteiger partial charge in [0.1, 0.15) is 37.6 Å². The topological polar surface area (TPSA) is 317 Å². The normalized spacial score (nSPS) is 21.3. The van der Waals surface area contributed by atoms with Crippen molar-refractivity contribution in [3.8, 4) is 0 Å². The molecule has 802 valence electrons. The Morgan fingerprint density at radius 1 is 0.289 bits per heavy atom. The van der Waals surface area contributed by atoms with Crippen LogP contribution in [0, 0.1) is 5.92 Å². The van der Waals surface area contributed by atoms with Crippen molar-refractivity contribution in [1.29, 1.82) is 0 Å². The molecule has 3 N–H and O–H groups in total. The van der Waals surface area contributed by atoms with Crippen molar-refractivity contribution in [1.82, 2.24) is 5.32 Å². The number of rotatable bonds is 70. The number of phosphoric acid groups is 2. The van der Waals surface area contributed by atoms with Crippen molar-refractivity contribution in [2.75, 3.05) is 19.8 Å². The molecule has 0 bridgehead atoms. The van der Waals surface area contributed by atoms with Crippen molar-refractivity contribution in [2.24, 2.45) is 5.92 Å². The number of hydrogen-bond acceptors (Lipinski definition) is 21. The van der Waals surface area contributed by atoms with Crippen LogP contribution in [0.4, 0.5) is 0 Å². The molecule has 0 radical (unpaired) electrons. The SMILES string of the molecule is CC(=O)N[C@H]1[C@@H](OP(=O)(O)OP(=O)(O)OCC[C@@H](C)CC/C=C(/C)CC/C=C(/C)CC/C=C(/C)CC/C=C(/C)CC/C=C(/C)CC/C=C(/C)CC/C=C(/C)CC/C=C(/C)CC/C=C(/C)CC/C=C(/C)CC/C=C(/C)CC/C=C(/C)CC/C=C(/C)CC/C=C(/C)CC/C=C(\C)CC/C=C(\C)CCC=C(C)C)O[C@H](COC(C)=O)[C@@H](O[C@@H]2O[C@H](COC(C)=O)[C@@H](OC(C)=O)[C@H](OC(C)=O)[C@H]2OC(C)=O)[C@@H]1OC(C)=O. The van der Waals surface area contributed by atoms with Crippen LogP contribution in [0.2, 0.25) is 0 Å². The summed E-state index contributed by atoms with van der Waals surface area (Å²) in [5, 5.41) is 2.37. The van der Waals surface area contributed by atoms with Crippen molar-refractivity contribution >= 4 is 57.4 Å². The maximum absolute atomic E-state index is 13.7. The molecule has 1 amide bonds. The summed E-state index contributed by atoms with van der Waals surface area (Å²) < 4.78 is 93.0. The van der Waals surface area contributed by atoms with Crippen LogP contribution in [0.3, 0.4) is 0 Å². The van der Waals surface area contributed by atoms with Gasteiger partial charge in [-0.15, -0.1) is 0 Å².